The van der Waals surface area contributed by atoms with E-state index in [1.54, 1.807) is 31.4 Å². The molecule has 0 radical (unpaired) electrons. The topological polar surface area (TPSA) is 84.9 Å². The lowest BCUT2D eigenvalue weighted by molar-refractivity contribution is -0.119. The summed E-state index contributed by atoms with van der Waals surface area (Å²) in [5.41, 5.74) is 1.49. The Bertz CT molecular complexity index is 898. The Morgan fingerprint density at radius 3 is 2.41 bits per heavy atom. The molecule has 8 heteroatoms. The van der Waals surface area contributed by atoms with Gasteiger partial charge in [0, 0.05) is 6.54 Å². The quantitative estimate of drug-likeness (QED) is 0.565. The van der Waals surface area contributed by atoms with Crippen molar-refractivity contribution in [1.82, 2.24) is 5.32 Å². The van der Waals surface area contributed by atoms with Crippen LogP contribution in [0.2, 0.25) is 0 Å². The average Bonchev–Trinajstić information content (AvgIpc) is 2.70. The van der Waals surface area contributed by atoms with Gasteiger partial charge < -0.3 is 14.8 Å². The van der Waals surface area contributed by atoms with Crippen molar-refractivity contribution in [2.75, 3.05) is 37.4 Å². The molecule has 1 amide bonds. The number of para-hydroxylation sites is 2. The van der Waals surface area contributed by atoms with Crippen LogP contribution in [-0.4, -0.2) is 47.4 Å². The number of anilines is 1. The van der Waals surface area contributed by atoms with Crippen LogP contribution < -0.4 is 19.1 Å². The molecule has 29 heavy (non-hydrogen) atoms. The Morgan fingerprint density at radius 1 is 1.10 bits per heavy atom. The van der Waals surface area contributed by atoms with Crippen molar-refractivity contribution >= 4 is 21.6 Å². The van der Waals surface area contributed by atoms with Crippen LogP contribution >= 0.6 is 0 Å². The number of sulfonamides is 1. The molecule has 0 unspecified atom stereocenters. The number of hydrogen-bond acceptors (Lipinski definition) is 5. The fourth-order valence-electron chi connectivity index (χ4n) is 2.82. The van der Waals surface area contributed by atoms with E-state index in [0.29, 0.717) is 24.6 Å². The molecule has 0 aliphatic rings. The molecule has 0 saturated heterocycles. The summed E-state index contributed by atoms with van der Waals surface area (Å²) in [7, 11) is -2.03. The van der Waals surface area contributed by atoms with Gasteiger partial charge in [0.15, 0.2) is 0 Å². The number of amides is 1. The summed E-state index contributed by atoms with van der Waals surface area (Å²) in [6.07, 6.45) is 2.62. The van der Waals surface area contributed by atoms with Crippen LogP contribution in [0.25, 0.3) is 0 Å². The molecule has 7 nitrogen and oxygen atoms in total. The highest BCUT2D eigenvalue weighted by atomic mass is 32.2. The zero-order valence-electron chi connectivity index (χ0n) is 17.1. The maximum atomic E-state index is 12.4. The number of hydrogen-bond donors (Lipinski definition) is 1. The van der Waals surface area contributed by atoms with Gasteiger partial charge in [-0.15, -0.1) is 0 Å². The number of carbonyl (C=O) groups is 1. The Labute approximate surface area is 172 Å². The number of nitrogens with one attached hydrogen (secondary N) is 1. The maximum Gasteiger partial charge on any atom is 0.240 e. The second-order valence-electron chi connectivity index (χ2n) is 6.47. The van der Waals surface area contributed by atoms with E-state index in [1.165, 1.54) is 0 Å². The van der Waals surface area contributed by atoms with E-state index in [4.69, 9.17) is 9.47 Å². The minimum atomic E-state index is -3.65. The van der Waals surface area contributed by atoms with E-state index in [-0.39, 0.29) is 12.5 Å². The molecule has 0 atom stereocenters. The van der Waals surface area contributed by atoms with Crippen LogP contribution in [-0.2, 0) is 21.2 Å². The number of rotatable bonds is 11. The van der Waals surface area contributed by atoms with Gasteiger partial charge in [-0.3, -0.25) is 9.10 Å². The number of nitrogens with zero attached hydrogens (tertiary/aromatic N) is 1. The van der Waals surface area contributed by atoms with Gasteiger partial charge in [0.2, 0.25) is 15.9 Å². The molecule has 0 heterocycles. The van der Waals surface area contributed by atoms with Crippen molar-refractivity contribution in [1.29, 1.82) is 0 Å². The van der Waals surface area contributed by atoms with Gasteiger partial charge in [-0.05, 0) is 49.6 Å². The minimum absolute atomic E-state index is 0.300. The molecule has 0 aliphatic heterocycles. The molecule has 2 aromatic carbocycles. The first-order valence-electron chi connectivity index (χ1n) is 9.44. The van der Waals surface area contributed by atoms with Crippen LogP contribution in [0.15, 0.2) is 48.5 Å². The first-order chi connectivity index (χ1) is 13.8. The van der Waals surface area contributed by atoms with Crippen LogP contribution in [0.5, 0.6) is 11.5 Å². The zero-order chi connectivity index (χ0) is 21.3. The number of ether oxygens (including phenoxy) is 2. The van der Waals surface area contributed by atoms with Gasteiger partial charge in [0.1, 0.15) is 18.0 Å². The van der Waals surface area contributed by atoms with Crippen molar-refractivity contribution in [3.8, 4) is 11.5 Å². The highest BCUT2D eigenvalue weighted by Gasteiger charge is 2.23. The zero-order valence-corrected chi connectivity index (χ0v) is 17.9. The van der Waals surface area contributed by atoms with Crippen LogP contribution in [0.1, 0.15) is 18.9 Å². The highest BCUT2D eigenvalue weighted by molar-refractivity contribution is 7.92. The molecular weight excluding hydrogens is 392 g/mol. The number of aryl methyl sites for hydroxylation is 1. The second-order valence-corrected chi connectivity index (χ2v) is 8.38. The van der Waals surface area contributed by atoms with Crippen LogP contribution in [0.3, 0.4) is 0 Å². The normalized spacial score (nSPS) is 11.0. The van der Waals surface area contributed by atoms with Gasteiger partial charge in [0.25, 0.3) is 0 Å². The molecule has 158 valence electrons. The maximum absolute atomic E-state index is 12.4. The van der Waals surface area contributed by atoms with Crippen LogP contribution in [0, 0.1) is 0 Å². The lowest BCUT2D eigenvalue weighted by Gasteiger charge is -2.24. The summed E-state index contributed by atoms with van der Waals surface area (Å²) in [6, 6.07) is 14.5. The Morgan fingerprint density at radius 2 is 1.79 bits per heavy atom. The van der Waals surface area contributed by atoms with Crippen molar-refractivity contribution in [3.05, 3.63) is 54.1 Å². The standard InChI is InChI=1S/C21H28N2O5S/c1-4-28-20-10-6-5-9-19(20)23(29(3,25)26)16-21(24)22-15-7-8-17-11-13-18(27-2)14-12-17/h5-6,9-14H,4,7-8,15-16H2,1-3H3,(H,22,24). The third-order valence-electron chi connectivity index (χ3n) is 4.24. The third kappa shape index (κ3) is 6.98. The predicted molar refractivity (Wildman–Crippen MR) is 114 cm³/mol. The first-order valence-corrected chi connectivity index (χ1v) is 11.3. The summed E-state index contributed by atoms with van der Waals surface area (Å²) < 4.78 is 36.3. The molecular formula is C21H28N2O5S. The summed E-state index contributed by atoms with van der Waals surface area (Å²) in [5, 5.41) is 2.79. The van der Waals surface area contributed by atoms with E-state index in [1.807, 2.05) is 31.2 Å². The van der Waals surface area contributed by atoms with Crippen LogP contribution in [0.4, 0.5) is 5.69 Å². The molecule has 0 aliphatic carbocycles. The average molecular weight is 421 g/mol. The summed E-state index contributed by atoms with van der Waals surface area (Å²) in [4.78, 5) is 12.4. The van der Waals surface area contributed by atoms with Gasteiger partial charge in [0.05, 0.1) is 25.7 Å². The van der Waals surface area contributed by atoms with E-state index in [2.05, 4.69) is 5.32 Å². The predicted octanol–water partition coefficient (Wildman–Crippen LogP) is 2.61. The molecule has 2 aromatic rings. The highest BCUT2D eigenvalue weighted by Crippen LogP contribution is 2.29. The number of benzene rings is 2. The monoisotopic (exact) mass is 420 g/mol. The van der Waals surface area contributed by atoms with E-state index < -0.39 is 10.0 Å². The van der Waals surface area contributed by atoms with Gasteiger partial charge >= 0.3 is 0 Å². The Hall–Kier alpha value is -2.74. The molecule has 0 saturated carbocycles. The number of methoxy groups -OCH3 is 1. The fraction of sp³-hybridized carbons (Fsp3) is 0.381. The molecule has 0 spiro atoms. The van der Waals surface area contributed by atoms with Gasteiger partial charge in [-0.1, -0.05) is 24.3 Å². The Kier molecular flexibility index (Phi) is 8.33. The van der Waals surface area contributed by atoms with Crippen molar-refractivity contribution < 1.29 is 22.7 Å². The molecule has 0 aromatic heterocycles. The van der Waals surface area contributed by atoms with Crippen molar-refractivity contribution in [3.63, 3.8) is 0 Å². The smallest absolute Gasteiger partial charge is 0.240 e. The fourth-order valence-corrected chi connectivity index (χ4v) is 3.68. The van der Waals surface area contributed by atoms with E-state index >= 15 is 0 Å². The second kappa shape index (κ2) is 10.7. The molecule has 2 rings (SSSR count). The SMILES string of the molecule is CCOc1ccccc1N(CC(=O)NCCCc1ccc(OC)cc1)S(C)(=O)=O. The van der Waals surface area contributed by atoms with E-state index in [0.717, 1.165) is 34.7 Å². The van der Waals surface area contributed by atoms with Crippen molar-refractivity contribution in [2.45, 2.75) is 19.8 Å². The largest absolute Gasteiger partial charge is 0.497 e. The molecule has 0 fully saturated rings. The number of carbonyl (C=O) groups excluding carboxylic acids is 1. The van der Waals surface area contributed by atoms with Crippen molar-refractivity contribution in [2.24, 2.45) is 0 Å². The lowest BCUT2D eigenvalue weighted by Crippen LogP contribution is -2.40. The summed E-state index contributed by atoms with van der Waals surface area (Å²) >= 11 is 0. The summed E-state index contributed by atoms with van der Waals surface area (Å²) in [6.45, 7) is 2.37. The molecule has 1 N–H and O–H groups in total. The van der Waals surface area contributed by atoms with E-state index in [9.17, 15) is 13.2 Å². The molecule has 0 bridgehead atoms. The van der Waals surface area contributed by atoms with Gasteiger partial charge in [-0.2, -0.15) is 0 Å². The Balaban J connectivity index is 1.93. The first kappa shape index (κ1) is 22.5. The summed E-state index contributed by atoms with van der Waals surface area (Å²) in [5.74, 6) is 0.861. The minimum Gasteiger partial charge on any atom is -0.497 e. The van der Waals surface area contributed by atoms with Gasteiger partial charge in [-0.25, -0.2) is 8.42 Å². The lowest BCUT2D eigenvalue weighted by atomic mass is 10.1. The third-order valence-corrected chi connectivity index (χ3v) is 5.37.